The van der Waals surface area contributed by atoms with Gasteiger partial charge in [-0.15, -0.1) is 0 Å². The minimum Gasteiger partial charge on any atom is -0.465 e. The van der Waals surface area contributed by atoms with Crippen molar-refractivity contribution >= 4 is 41.8 Å². The molecule has 1 heterocycles. The second-order valence-corrected chi connectivity index (χ2v) is 29.9. The van der Waals surface area contributed by atoms with Crippen LogP contribution in [0, 0.1) is 41.4 Å². The molecule has 0 aromatic rings. The van der Waals surface area contributed by atoms with Crippen molar-refractivity contribution in [2.45, 2.75) is 375 Å². The number of carbonyl (C=O) groups excluding carboxylic acids is 7. The molecule has 15 nitrogen and oxygen atoms in total. The van der Waals surface area contributed by atoms with E-state index < -0.39 is 48.6 Å². The molecule has 0 aromatic carbocycles. The molecule has 598 valence electrons. The first kappa shape index (κ1) is 96.9. The fourth-order valence-electron chi connectivity index (χ4n) is 13.4. The van der Waals surface area contributed by atoms with Crippen LogP contribution in [0.15, 0.2) is 72.9 Å². The van der Waals surface area contributed by atoms with Crippen LogP contribution in [-0.2, 0) is 62.0 Å². The molecule has 0 bridgehead atoms. The predicted octanol–water partition coefficient (Wildman–Crippen LogP) is 22.4. The average Bonchev–Trinajstić information content (AvgIpc) is 1.71. The van der Waals surface area contributed by atoms with Crippen molar-refractivity contribution in [3.63, 3.8) is 0 Å². The van der Waals surface area contributed by atoms with Crippen LogP contribution in [0.5, 0.6) is 0 Å². The minimum atomic E-state index is -1.07. The molecule has 0 amide bonds. The Kier molecular flexibility index (Phi) is 64.8. The summed E-state index contributed by atoms with van der Waals surface area (Å²) in [6.45, 7) is 14.3. The third kappa shape index (κ3) is 55.3. The lowest BCUT2D eigenvalue weighted by atomic mass is 9.86. The number of hydrogen-bond acceptors (Lipinski definition) is 15. The van der Waals surface area contributed by atoms with E-state index in [0.29, 0.717) is 31.8 Å². The molecule has 104 heavy (non-hydrogen) atoms. The van der Waals surface area contributed by atoms with Crippen molar-refractivity contribution in [1.29, 1.82) is 0 Å². The number of hydrogen-bond donors (Lipinski definition) is 2. The van der Waals surface area contributed by atoms with E-state index in [2.05, 4.69) is 71.1 Å². The van der Waals surface area contributed by atoms with E-state index in [0.717, 1.165) is 154 Å². The van der Waals surface area contributed by atoms with Gasteiger partial charge in [0.05, 0.1) is 37.4 Å². The van der Waals surface area contributed by atoms with Gasteiger partial charge in [0.2, 0.25) is 0 Å². The summed E-state index contributed by atoms with van der Waals surface area (Å²) in [5.41, 5.74) is 0. The number of ether oxygens (including phenoxy) is 6. The number of aliphatic hydroxyl groups is 2. The van der Waals surface area contributed by atoms with Gasteiger partial charge in [0, 0.05) is 19.3 Å². The lowest BCUT2D eigenvalue weighted by Gasteiger charge is -2.22. The maximum Gasteiger partial charge on any atom is 0.317 e. The summed E-state index contributed by atoms with van der Waals surface area (Å²) in [4.78, 5) is 89.5. The van der Waals surface area contributed by atoms with E-state index in [-0.39, 0.29) is 93.0 Å². The number of cyclic esters (lactones) is 2. The zero-order valence-electron chi connectivity index (χ0n) is 67.0. The molecule has 1 aliphatic heterocycles. The van der Waals surface area contributed by atoms with Crippen molar-refractivity contribution in [2.24, 2.45) is 41.4 Å². The Labute approximate surface area is 633 Å². The van der Waals surface area contributed by atoms with Crippen LogP contribution >= 0.6 is 0 Å². The molecule has 1 aliphatic rings. The first-order chi connectivity index (χ1) is 50.6. The van der Waals surface area contributed by atoms with Crippen molar-refractivity contribution < 1.29 is 72.2 Å². The van der Waals surface area contributed by atoms with E-state index in [1.165, 1.54) is 116 Å². The molecule has 9 atom stereocenters. The summed E-state index contributed by atoms with van der Waals surface area (Å²) >= 11 is 0. The van der Waals surface area contributed by atoms with Crippen molar-refractivity contribution in [1.82, 2.24) is 0 Å². The van der Waals surface area contributed by atoms with Crippen LogP contribution in [0.1, 0.15) is 363 Å². The maximum absolute atomic E-state index is 13.8. The Balaban J connectivity index is 2.78. The van der Waals surface area contributed by atoms with Crippen LogP contribution in [0.3, 0.4) is 0 Å². The normalized spacial score (nSPS) is 15.9. The van der Waals surface area contributed by atoms with Gasteiger partial charge in [-0.3, -0.25) is 33.6 Å². The van der Waals surface area contributed by atoms with E-state index >= 15 is 0 Å². The fourth-order valence-corrected chi connectivity index (χ4v) is 13.4. The van der Waals surface area contributed by atoms with Crippen LogP contribution in [0.4, 0.5) is 0 Å². The van der Waals surface area contributed by atoms with Crippen LogP contribution in [0.25, 0.3) is 0 Å². The Morgan fingerprint density at radius 2 is 0.865 bits per heavy atom. The number of rotatable bonds is 72. The standard InChI is InChI=1S/C89H152O15/c1-8-13-17-20-22-32-40-50-59-76(58-49-39-19-15-10-3)70-101-88(97)75(7)78(61-52-41-21-18-14-9-2)62-53-43-37-38-47-57-67-85(94)103-81(73-100-84(93)66-56-46-36-31-27-29-34-44-54-64-79(63-48-16-11-4)82-68-86(95)104-89(82)98)72-99-83(92)65-55-45-35-30-26-24-23-25-28-33-42-51-60-77(12-5)74(6)87(96)102-71-80(91)69-90/h23,25,33-34,42,44,51,53-54,60,62,64,74-82,90-91H,8-22,24,26-32,35-41,43,45-50,52,55-59,61,63,65-73H2,1-7H3/b25-23-,42-33-,44-34-,60-51+,62-53+,64-54+. The quantitative estimate of drug-likeness (QED) is 0.0145. The number of allylic oxidation sites excluding steroid dienone is 12. The lowest BCUT2D eigenvalue weighted by Crippen LogP contribution is -2.30. The fraction of sp³-hybridized carbons (Fsp3) is 0.787. The van der Waals surface area contributed by atoms with Gasteiger partial charge in [-0.25, -0.2) is 0 Å². The van der Waals surface area contributed by atoms with Gasteiger partial charge in [-0.2, -0.15) is 0 Å². The van der Waals surface area contributed by atoms with Crippen LogP contribution in [-0.4, -0.2) is 97.2 Å². The molecular formula is C89H152O15. The summed E-state index contributed by atoms with van der Waals surface area (Å²) in [5, 5.41) is 18.5. The lowest BCUT2D eigenvalue weighted by molar-refractivity contribution is -0.167. The molecule has 0 saturated carbocycles. The third-order valence-electron chi connectivity index (χ3n) is 20.4. The smallest absolute Gasteiger partial charge is 0.317 e. The summed E-state index contributed by atoms with van der Waals surface area (Å²) in [7, 11) is 0. The molecule has 0 aliphatic carbocycles. The largest absolute Gasteiger partial charge is 0.465 e. The first-order valence-corrected chi connectivity index (χ1v) is 42.5. The molecule has 9 unspecified atom stereocenters. The summed E-state index contributed by atoms with van der Waals surface area (Å²) < 4.78 is 33.3. The Bertz CT molecular complexity index is 2340. The molecular weight excluding hydrogens is 1310 g/mol. The molecule has 0 aromatic heterocycles. The number of carbonyl (C=O) groups is 7. The van der Waals surface area contributed by atoms with Gasteiger partial charge in [0.25, 0.3) is 0 Å². The van der Waals surface area contributed by atoms with Crippen LogP contribution in [0.2, 0.25) is 0 Å². The van der Waals surface area contributed by atoms with Gasteiger partial charge in [-0.05, 0) is 120 Å². The van der Waals surface area contributed by atoms with Gasteiger partial charge < -0.3 is 38.6 Å². The summed E-state index contributed by atoms with van der Waals surface area (Å²) in [6.07, 6.45) is 72.0. The van der Waals surface area contributed by atoms with Gasteiger partial charge in [0.1, 0.15) is 25.9 Å². The molecule has 0 radical (unpaired) electrons. The zero-order valence-corrected chi connectivity index (χ0v) is 67.0. The molecule has 15 heteroatoms. The first-order valence-electron chi connectivity index (χ1n) is 42.5. The summed E-state index contributed by atoms with van der Waals surface area (Å²) in [5.74, 6) is -2.87. The van der Waals surface area contributed by atoms with Crippen LogP contribution < -0.4 is 0 Å². The highest BCUT2D eigenvalue weighted by Gasteiger charge is 2.38. The highest BCUT2D eigenvalue weighted by molar-refractivity contribution is 5.95. The van der Waals surface area contributed by atoms with Crippen molar-refractivity contribution in [2.75, 3.05) is 33.0 Å². The second-order valence-electron chi connectivity index (χ2n) is 29.9. The highest BCUT2D eigenvalue weighted by atomic mass is 16.6. The van der Waals surface area contributed by atoms with Gasteiger partial charge in [0.15, 0.2) is 6.10 Å². The molecule has 2 N–H and O–H groups in total. The second kappa shape index (κ2) is 69.6. The average molecular weight is 1460 g/mol. The zero-order chi connectivity index (χ0) is 76.1. The van der Waals surface area contributed by atoms with E-state index in [4.69, 9.17) is 33.5 Å². The Hall–Kier alpha value is -5.15. The minimum absolute atomic E-state index is 0.00255. The predicted molar refractivity (Wildman–Crippen MR) is 423 cm³/mol. The number of aliphatic hydroxyl groups excluding tert-OH is 2. The number of esters is 7. The van der Waals surface area contributed by atoms with Gasteiger partial charge in [-0.1, -0.05) is 314 Å². The monoisotopic (exact) mass is 1460 g/mol. The SMILES string of the molecule is CCCCCCCCCCC(CCCCCCC)COC(=O)C(C)C(/C=C/CCCCCCC(=O)OC(COC(=O)CCCCCCC/C=C\C=C\C(CCCCC)C1CC(=O)OC1=O)COC(=O)CCCCCCC/C=C\C/C=C\C=C\C(CC)C(C)C(=O)OCC(O)CO)CCCCCCCC. The Morgan fingerprint density at radius 1 is 0.433 bits per heavy atom. The molecule has 0 spiro atoms. The summed E-state index contributed by atoms with van der Waals surface area (Å²) in [6, 6.07) is 0. The topological polar surface area (TPSA) is 215 Å². The number of unbranched alkanes of at least 4 members (excludes halogenated alkanes) is 32. The third-order valence-corrected chi connectivity index (χ3v) is 20.4. The molecule has 1 saturated heterocycles. The highest BCUT2D eigenvalue weighted by Crippen LogP contribution is 2.31. The van der Waals surface area contributed by atoms with Crippen molar-refractivity contribution in [3.05, 3.63) is 72.9 Å². The molecule has 1 rings (SSSR count). The van der Waals surface area contributed by atoms with Gasteiger partial charge >= 0.3 is 41.8 Å². The molecule has 1 fully saturated rings. The van der Waals surface area contributed by atoms with Crippen molar-refractivity contribution in [3.8, 4) is 0 Å². The van der Waals surface area contributed by atoms with E-state index in [1.807, 2.05) is 50.3 Å². The maximum atomic E-state index is 13.8. The Morgan fingerprint density at radius 3 is 1.38 bits per heavy atom. The van der Waals surface area contributed by atoms with E-state index in [9.17, 15) is 38.7 Å². The van der Waals surface area contributed by atoms with E-state index in [1.54, 1.807) is 0 Å².